The fourth-order valence-corrected chi connectivity index (χ4v) is 3.57. The van der Waals surface area contributed by atoms with E-state index in [1.807, 2.05) is 0 Å². The number of esters is 2. The Morgan fingerprint density at radius 1 is 1.12 bits per heavy atom. The third-order valence-electron chi connectivity index (χ3n) is 2.96. The highest BCUT2D eigenvalue weighted by molar-refractivity contribution is 7.90. The van der Waals surface area contributed by atoms with Gasteiger partial charge in [0.05, 0.1) is 5.56 Å². The molecular weight excluding hydrogens is 338 g/mol. The molecule has 130 valence electrons. The second kappa shape index (κ2) is 6.23. The molecule has 0 atom stereocenters. The molecule has 0 spiro atoms. The third-order valence-corrected chi connectivity index (χ3v) is 4.74. The fourth-order valence-electron chi connectivity index (χ4n) is 2.06. The van der Waals surface area contributed by atoms with Gasteiger partial charge in [-0.15, -0.1) is 0 Å². The van der Waals surface area contributed by atoms with Crippen LogP contribution in [0.1, 0.15) is 31.1 Å². The van der Waals surface area contributed by atoms with Crippen LogP contribution in [0.25, 0.3) is 0 Å². The van der Waals surface area contributed by atoms with Crippen LogP contribution in [0.2, 0.25) is 0 Å². The number of ether oxygens (including phenoxy) is 2. The molecule has 0 saturated carbocycles. The zero-order valence-electron chi connectivity index (χ0n) is 13.4. The first-order valence-electron chi connectivity index (χ1n) is 7.06. The number of rotatable bonds is 4. The Balaban J connectivity index is 2.01. The molecule has 8 nitrogen and oxygen atoms in total. The van der Waals surface area contributed by atoms with Crippen molar-refractivity contribution in [2.75, 3.05) is 13.2 Å². The second-order valence-corrected chi connectivity index (χ2v) is 7.89. The molecule has 2 rings (SSSR count). The molecule has 24 heavy (non-hydrogen) atoms. The van der Waals surface area contributed by atoms with Crippen molar-refractivity contribution in [2.45, 2.75) is 31.3 Å². The van der Waals surface area contributed by atoms with Gasteiger partial charge in [-0.1, -0.05) is 12.1 Å². The second-order valence-electron chi connectivity index (χ2n) is 6.06. The van der Waals surface area contributed by atoms with E-state index in [0.29, 0.717) is 4.31 Å². The summed E-state index contributed by atoms with van der Waals surface area (Å²) in [6, 6.07) is 5.65. The van der Waals surface area contributed by atoms with Gasteiger partial charge >= 0.3 is 11.9 Å². The molecule has 1 heterocycles. The zero-order valence-corrected chi connectivity index (χ0v) is 14.3. The third kappa shape index (κ3) is 3.73. The first-order chi connectivity index (χ1) is 11.0. The molecular formula is C15H17NO7S. The summed E-state index contributed by atoms with van der Waals surface area (Å²) in [5.41, 5.74) is -0.739. The molecule has 0 fully saturated rings. The number of carbonyl (C=O) groups is 3. The number of nitrogens with zero attached hydrogens (tertiary/aromatic N) is 1. The summed E-state index contributed by atoms with van der Waals surface area (Å²) in [6.45, 7) is 3.49. The van der Waals surface area contributed by atoms with Crippen molar-refractivity contribution >= 4 is 27.9 Å². The van der Waals surface area contributed by atoms with Crippen LogP contribution in [-0.4, -0.2) is 49.3 Å². The van der Waals surface area contributed by atoms with E-state index in [1.165, 1.54) is 24.3 Å². The number of benzene rings is 1. The Morgan fingerprint density at radius 2 is 1.75 bits per heavy atom. The lowest BCUT2D eigenvalue weighted by Crippen LogP contribution is -2.36. The summed E-state index contributed by atoms with van der Waals surface area (Å²) < 4.78 is 34.6. The van der Waals surface area contributed by atoms with Gasteiger partial charge in [-0.2, -0.15) is 0 Å². The SMILES string of the molecule is CC(C)(C)OC(=O)COC(=O)CN1C(=O)c2ccccc2S1(=O)=O. The molecule has 1 amide bonds. The minimum Gasteiger partial charge on any atom is -0.457 e. The van der Waals surface area contributed by atoms with E-state index in [9.17, 15) is 22.8 Å². The van der Waals surface area contributed by atoms with Crippen molar-refractivity contribution in [3.8, 4) is 0 Å². The van der Waals surface area contributed by atoms with E-state index < -0.39 is 46.6 Å². The smallest absolute Gasteiger partial charge is 0.344 e. The number of hydrogen-bond acceptors (Lipinski definition) is 7. The molecule has 0 saturated heterocycles. The Kier molecular flexibility index (Phi) is 4.66. The average molecular weight is 355 g/mol. The van der Waals surface area contributed by atoms with Gasteiger partial charge in [0.1, 0.15) is 17.0 Å². The molecule has 1 aromatic carbocycles. The standard InChI is InChI=1S/C15H17NO7S/c1-15(2,3)23-13(18)9-22-12(17)8-16-14(19)10-6-4-5-7-11(10)24(16,20)21/h4-7H,8-9H2,1-3H3. The predicted octanol–water partition coefficient (Wildman–Crippen LogP) is 0.716. The Hall–Kier alpha value is -2.42. The van der Waals surface area contributed by atoms with Gasteiger partial charge in [-0.05, 0) is 32.9 Å². The number of carbonyl (C=O) groups excluding carboxylic acids is 3. The number of hydrogen-bond donors (Lipinski definition) is 0. The van der Waals surface area contributed by atoms with Gasteiger partial charge in [0.2, 0.25) is 0 Å². The normalized spacial score (nSPS) is 15.8. The number of amides is 1. The Morgan fingerprint density at radius 3 is 2.33 bits per heavy atom. The highest BCUT2D eigenvalue weighted by Gasteiger charge is 2.42. The Bertz CT molecular complexity index is 792. The minimum atomic E-state index is -4.09. The zero-order chi connectivity index (χ0) is 18.1. The summed E-state index contributed by atoms with van der Waals surface area (Å²) in [5.74, 6) is -2.60. The molecule has 0 N–H and O–H groups in total. The summed E-state index contributed by atoms with van der Waals surface area (Å²) >= 11 is 0. The highest BCUT2D eigenvalue weighted by Crippen LogP contribution is 2.29. The van der Waals surface area contributed by atoms with Gasteiger partial charge in [-0.25, -0.2) is 17.5 Å². The summed E-state index contributed by atoms with van der Waals surface area (Å²) in [7, 11) is -4.09. The van der Waals surface area contributed by atoms with Crippen LogP contribution >= 0.6 is 0 Å². The molecule has 1 aliphatic rings. The largest absolute Gasteiger partial charge is 0.457 e. The van der Waals surface area contributed by atoms with E-state index in [1.54, 1.807) is 20.8 Å². The van der Waals surface area contributed by atoms with E-state index in [-0.39, 0.29) is 10.5 Å². The van der Waals surface area contributed by atoms with Crippen molar-refractivity contribution in [1.82, 2.24) is 4.31 Å². The van der Waals surface area contributed by atoms with Crippen LogP contribution in [0.4, 0.5) is 0 Å². The molecule has 0 radical (unpaired) electrons. The number of sulfonamides is 1. The van der Waals surface area contributed by atoms with Crippen LogP contribution in [0.3, 0.4) is 0 Å². The molecule has 1 aliphatic heterocycles. The lowest BCUT2D eigenvalue weighted by molar-refractivity contribution is -0.166. The molecule has 1 aromatic rings. The van der Waals surface area contributed by atoms with Crippen LogP contribution in [0.5, 0.6) is 0 Å². The topological polar surface area (TPSA) is 107 Å². The average Bonchev–Trinajstić information content (AvgIpc) is 2.65. The first kappa shape index (κ1) is 17.9. The van der Waals surface area contributed by atoms with Gasteiger partial charge in [0, 0.05) is 0 Å². The molecule has 0 aliphatic carbocycles. The minimum absolute atomic E-state index is 0.00237. The van der Waals surface area contributed by atoms with Crippen molar-refractivity contribution in [2.24, 2.45) is 0 Å². The first-order valence-corrected chi connectivity index (χ1v) is 8.50. The van der Waals surface area contributed by atoms with E-state index in [2.05, 4.69) is 4.74 Å². The number of fused-ring (bicyclic) bond motifs is 1. The van der Waals surface area contributed by atoms with Gasteiger partial charge in [0.15, 0.2) is 6.61 Å². The van der Waals surface area contributed by atoms with E-state index in [0.717, 1.165) is 0 Å². The molecule has 0 aromatic heterocycles. The summed E-state index contributed by atoms with van der Waals surface area (Å²) in [4.78, 5) is 35.2. The van der Waals surface area contributed by atoms with Crippen LogP contribution in [-0.2, 0) is 29.1 Å². The van der Waals surface area contributed by atoms with Crippen LogP contribution in [0, 0.1) is 0 Å². The molecule has 0 unspecified atom stereocenters. The van der Waals surface area contributed by atoms with Gasteiger partial charge in [-0.3, -0.25) is 9.59 Å². The van der Waals surface area contributed by atoms with E-state index >= 15 is 0 Å². The van der Waals surface area contributed by atoms with Crippen LogP contribution < -0.4 is 0 Å². The molecule has 0 bridgehead atoms. The lowest BCUT2D eigenvalue weighted by Gasteiger charge is -2.19. The summed E-state index contributed by atoms with van der Waals surface area (Å²) in [5, 5.41) is 0. The van der Waals surface area contributed by atoms with E-state index in [4.69, 9.17) is 4.74 Å². The highest BCUT2D eigenvalue weighted by atomic mass is 32.2. The maximum atomic E-state index is 12.3. The maximum absolute atomic E-state index is 12.3. The summed E-state index contributed by atoms with van der Waals surface area (Å²) in [6.07, 6.45) is 0. The fraction of sp³-hybridized carbons (Fsp3) is 0.400. The van der Waals surface area contributed by atoms with Crippen molar-refractivity contribution < 1.29 is 32.3 Å². The van der Waals surface area contributed by atoms with Crippen LogP contribution in [0.15, 0.2) is 29.2 Å². The van der Waals surface area contributed by atoms with Crippen molar-refractivity contribution in [1.29, 1.82) is 0 Å². The van der Waals surface area contributed by atoms with Gasteiger partial charge < -0.3 is 9.47 Å². The lowest BCUT2D eigenvalue weighted by atomic mass is 10.2. The quantitative estimate of drug-likeness (QED) is 0.732. The van der Waals surface area contributed by atoms with Gasteiger partial charge in [0.25, 0.3) is 15.9 Å². The maximum Gasteiger partial charge on any atom is 0.344 e. The monoisotopic (exact) mass is 355 g/mol. The van der Waals surface area contributed by atoms with Crippen molar-refractivity contribution in [3.05, 3.63) is 29.8 Å². The van der Waals surface area contributed by atoms with Crippen molar-refractivity contribution in [3.63, 3.8) is 0 Å². The Labute approximate surface area is 139 Å². The predicted molar refractivity (Wildman–Crippen MR) is 81.5 cm³/mol. The molecule has 9 heteroatoms.